The quantitative estimate of drug-likeness (QED) is 0.210. The zero-order valence-electron chi connectivity index (χ0n) is 27.3. The van der Waals surface area contributed by atoms with Gasteiger partial charge in [0, 0.05) is 63.0 Å². The number of hydrogen-bond donors (Lipinski definition) is 3. The van der Waals surface area contributed by atoms with Crippen LogP contribution in [0.1, 0.15) is 24.7 Å². The molecule has 6 rings (SSSR count). The highest BCUT2D eigenvalue weighted by Gasteiger charge is 2.43. The van der Waals surface area contributed by atoms with Crippen LogP contribution in [0.2, 0.25) is 0 Å². The highest BCUT2D eigenvalue weighted by molar-refractivity contribution is 6.12. The van der Waals surface area contributed by atoms with Crippen LogP contribution in [0.4, 0.5) is 22.8 Å². The Kier molecular flexibility index (Phi) is 11.3. The number of hydrogen-bond acceptors (Lipinski definition) is 9. The number of nitrogens with zero attached hydrogens (tertiary/aromatic N) is 4. The van der Waals surface area contributed by atoms with Crippen LogP contribution in [0.15, 0.2) is 36.5 Å². The number of halogens is 3. The molecular formula is C33H40F3N7O7. The van der Waals surface area contributed by atoms with E-state index in [2.05, 4.69) is 20.6 Å². The Morgan fingerprint density at radius 2 is 1.86 bits per heavy atom. The second kappa shape index (κ2) is 16.0. The lowest BCUT2D eigenvalue weighted by molar-refractivity contribution is -0.137. The molecule has 3 N–H and O–H groups in total. The minimum Gasteiger partial charge on any atom is -0.442 e. The first-order valence-corrected chi connectivity index (χ1v) is 16.7. The number of carbonyl (C=O) groups is 4. The number of aromatic amines is 1. The average molecular weight is 704 g/mol. The van der Waals surface area contributed by atoms with Crippen LogP contribution in [0, 0.1) is 23.5 Å². The topological polar surface area (TPSA) is 158 Å². The summed E-state index contributed by atoms with van der Waals surface area (Å²) >= 11 is 0. The largest absolute Gasteiger partial charge is 0.442 e. The number of likely N-dealkylation sites (tertiary alicyclic amines) is 1. The van der Waals surface area contributed by atoms with E-state index in [0.29, 0.717) is 38.4 Å². The Hall–Kier alpha value is -4.48. The van der Waals surface area contributed by atoms with Gasteiger partial charge < -0.3 is 39.6 Å². The van der Waals surface area contributed by atoms with E-state index in [-0.39, 0.29) is 75.7 Å². The van der Waals surface area contributed by atoms with Crippen molar-refractivity contribution in [2.45, 2.75) is 31.2 Å². The lowest BCUT2D eigenvalue weighted by Gasteiger charge is -2.45. The number of nitrogens with one attached hydrogen (secondary N) is 3. The summed E-state index contributed by atoms with van der Waals surface area (Å²) in [5.41, 5.74) is 0.242. The number of H-pyrrole nitrogens is 1. The minimum absolute atomic E-state index is 0.00338. The molecule has 3 unspecified atom stereocenters. The van der Waals surface area contributed by atoms with Gasteiger partial charge in [0.05, 0.1) is 50.8 Å². The number of aromatic nitrogens is 2. The van der Waals surface area contributed by atoms with Gasteiger partial charge in [0.15, 0.2) is 0 Å². The third-order valence-corrected chi connectivity index (χ3v) is 9.34. The van der Waals surface area contributed by atoms with Crippen LogP contribution in [-0.2, 0) is 23.8 Å². The molecule has 17 heteroatoms. The van der Waals surface area contributed by atoms with E-state index in [0.717, 1.165) is 23.1 Å². The van der Waals surface area contributed by atoms with Crippen molar-refractivity contribution in [3.8, 4) is 11.3 Å². The molecule has 0 bridgehead atoms. The molecule has 2 aromatic rings. The van der Waals surface area contributed by atoms with Crippen LogP contribution in [0.5, 0.6) is 0 Å². The normalized spacial score (nSPS) is 21.8. The highest BCUT2D eigenvalue weighted by Crippen LogP contribution is 2.37. The van der Waals surface area contributed by atoms with Crippen LogP contribution >= 0.6 is 0 Å². The smallest absolute Gasteiger partial charge is 0.407 e. The molecule has 0 radical (unpaired) electrons. The fourth-order valence-electron chi connectivity index (χ4n) is 6.61. The van der Waals surface area contributed by atoms with Crippen LogP contribution in [0.25, 0.3) is 11.3 Å². The molecule has 4 aliphatic heterocycles. The second-order valence-corrected chi connectivity index (χ2v) is 12.7. The van der Waals surface area contributed by atoms with E-state index in [9.17, 15) is 32.3 Å². The van der Waals surface area contributed by atoms with Crippen LogP contribution in [0.3, 0.4) is 0 Å². The van der Waals surface area contributed by atoms with Crippen molar-refractivity contribution in [3.05, 3.63) is 54.0 Å². The summed E-state index contributed by atoms with van der Waals surface area (Å²) in [7, 11) is 0. The van der Waals surface area contributed by atoms with E-state index in [1.54, 1.807) is 4.90 Å². The molecule has 3 atom stereocenters. The van der Waals surface area contributed by atoms with Crippen molar-refractivity contribution >= 4 is 23.9 Å². The SMILES string of the molecule is O=C(NCCOCCN1C(=O)C=CC1=O)OC1CN(C(=O)N(CC2CNCC2F)C(c2ncc(-c3cc(F)ccc3F)[nH]2)C2CCOCC2)C1. The van der Waals surface area contributed by atoms with Gasteiger partial charge >= 0.3 is 12.1 Å². The van der Waals surface area contributed by atoms with Gasteiger partial charge in [0.2, 0.25) is 0 Å². The van der Waals surface area contributed by atoms with E-state index in [4.69, 9.17) is 14.2 Å². The first-order chi connectivity index (χ1) is 24.2. The maximum atomic E-state index is 15.0. The Morgan fingerprint density at radius 3 is 2.58 bits per heavy atom. The number of rotatable bonds is 13. The molecule has 5 amide bonds. The van der Waals surface area contributed by atoms with Gasteiger partial charge in [-0.15, -0.1) is 0 Å². The van der Waals surface area contributed by atoms with Gasteiger partial charge in [-0.1, -0.05) is 0 Å². The van der Waals surface area contributed by atoms with E-state index < -0.39 is 53.8 Å². The Morgan fingerprint density at radius 1 is 1.10 bits per heavy atom. The number of alkyl halides is 1. The molecule has 270 valence electrons. The van der Waals surface area contributed by atoms with Gasteiger partial charge in [-0.05, 0) is 37.0 Å². The van der Waals surface area contributed by atoms with Crippen LogP contribution in [-0.4, -0.2) is 133 Å². The van der Waals surface area contributed by atoms with Gasteiger partial charge in [0.1, 0.15) is 29.7 Å². The van der Waals surface area contributed by atoms with Crippen molar-refractivity contribution in [3.63, 3.8) is 0 Å². The van der Waals surface area contributed by atoms with E-state index in [1.165, 1.54) is 23.2 Å². The molecule has 0 aliphatic carbocycles. The summed E-state index contributed by atoms with van der Waals surface area (Å²) in [6.07, 6.45) is 2.55. The van der Waals surface area contributed by atoms with Crippen molar-refractivity contribution in [2.24, 2.45) is 11.8 Å². The summed E-state index contributed by atoms with van der Waals surface area (Å²) in [4.78, 5) is 61.6. The fourth-order valence-corrected chi connectivity index (χ4v) is 6.61. The van der Waals surface area contributed by atoms with Crippen molar-refractivity contribution in [1.82, 2.24) is 35.3 Å². The third-order valence-electron chi connectivity index (χ3n) is 9.34. The molecule has 50 heavy (non-hydrogen) atoms. The first kappa shape index (κ1) is 35.3. The Balaban J connectivity index is 1.08. The number of ether oxygens (including phenoxy) is 3. The maximum Gasteiger partial charge on any atom is 0.407 e. The number of benzene rings is 1. The number of alkyl carbamates (subject to hydrolysis) is 1. The van der Waals surface area contributed by atoms with Gasteiger partial charge in [-0.2, -0.15) is 0 Å². The summed E-state index contributed by atoms with van der Waals surface area (Å²) in [5.74, 6) is -2.27. The molecule has 14 nitrogen and oxygen atoms in total. The maximum absolute atomic E-state index is 15.0. The predicted molar refractivity (Wildman–Crippen MR) is 170 cm³/mol. The Bertz CT molecular complexity index is 1560. The molecule has 5 heterocycles. The van der Waals surface area contributed by atoms with Gasteiger partial charge in [-0.25, -0.2) is 27.7 Å². The molecule has 4 aliphatic rings. The molecule has 1 aromatic carbocycles. The molecular weight excluding hydrogens is 663 g/mol. The summed E-state index contributed by atoms with van der Waals surface area (Å²) in [6, 6.07) is 2.10. The third kappa shape index (κ3) is 8.27. The van der Waals surface area contributed by atoms with Crippen molar-refractivity contribution < 1.29 is 46.6 Å². The van der Waals surface area contributed by atoms with E-state index in [1.807, 2.05) is 0 Å². The van der Waals surface area contributed by atoms with Crippen LogP contribution < -0.4 is 10.6 Å². The summed E-state index contributed by atoms with van der Waals surface area (Å²) < 4.78 is 60.1. The number of imide groups is 1. The molecule has 0 saturated carbocycles. The zero-order chi connectivity index (χ0) is 35.2. The fraction of sp³-hybridized carbons (Fsp3) is 0.545. The average Bonchev–Trinajstić information content (AvgIpc) is 3.82. The Labute approximate surface area is 286 Å². The number of urea groups is 1. The number of carbonyl (C=O) groups excluding carboxylic acids is 4. The molecule has 0 spiro atoms. The molecule has 1 aromatic heterocycles. The highest BCUT2D eigenvalue weighted by atomic mass is 19.1. The zero-order valence-corrected chi connectivity index (χ0v) is 27.3. The number of amides is 5. The van der Waals surface area contributed by atoms with Crippen molar-refractivity contribution in [1.29, 1.82) is 0 Å². The van der Waals surface area contributed by atoms with E-state index >= 15 is 0 Å². The summed E-state index contributed by atoms with van der Waals surface area (Å²) in [6.45, 7) is 2.25. The minimum atomic E-state index is -1.17. The lowest BCUT2D eigenvalue weighted by atomic mass is 9.89. The number of imidazole rings is 1. The molecule has 3 saturated heterocycles. The second-order valence-electron chi connectivity index (χ2n) is 12.7. The van der Waals surface area contributed by atoms with Gasteiger partial charge in [-0.3, -0.25) is 14.5 Å². The molecule has 3 fully saturated rings. The predicted octanol–water partition coefficient (Wildman–Crippen LogP) is 2.15. The summed E-state index contributed by atoms with van der Waals surface area (Å²) in [5, 5.41) is 5.61. The van der Waals surface area contributed by atoms with Crippen molar-refractivity contribution in [2.75, 3.05) is 72.2 Å². The monoisotopic (exact) mass is 703 g/mol. The standard InChI is InChI=1S/C33H40F3N7O7/c34-22-1-2-25(35)24(13-22)27-16-39-31(40-27)30(20-5-9-48-10-6-20)43(17-21-14-37-15-26(21)36)33(47)41-18-23(19-41)50-32(46)38-7-11-49-12-8-42-28(44)3-4-29(42)45/h1-4,13,16,20-21,23,26,30,37H,5-12,14-15,17-19H2,(H,38,46)(H,39,40). The first-order valence-electron chi connectivity index (χ1n) is 16.7. The van der Waals surface area contributed by atoms with Gasteiger partial charge in [0.25, 0.3) is 11.8 Å². The lowest BCUT2D eigenvalue weighted by Crippen LogP contribution is -2.61.